The van der Waals surface area contributed by atoms with Crippen LogP contribution < -0.4 is 5.73 Å². The number of rotatable bonds is 5. The van der Waals surface area contributed by atoms with Gasteiger partial charge < -0.3 is 10.6 Å². The highest BCUT2D eigenvalue weighted by Gasteiger charge is 2.41. The van der Waals surface area contributed by atoms with E-state index in [0.717, 1.165) is 12.6 Å². The number of guanidine groups is 1. The van der Waals surface area contributed by atoms with Gasteiger partial charge in [0.25, 0.3) is 0 Å². The Bertz CT molecular complexity index is 600. The molecule has 0 amide bonds. The summed E-state index contributed by atoms with van der Waals surface area (Å²) in [6, 6.07) is 4.00. The van der Waals surface area contributed by atoms with Gasteiger partial charge in [0.05, 0.1) is 11.7 Å². The van der Waals surface area contributed by atoms with Crippen molar-refractivity contribution in [2.45, 2.75) is 56.7 Å². The molecule has 2 heterocycles. The normalized spacial score (nSPS) is 29.0. The van der Waals surface area contributed by atoms with E-state index in [-0.39, 0.29) is 0 Å². The summed E-state index contributed by atoms with van der Waals surface area (Å²) in [5.41, 5.74) is 7.55. The summed E-state index contributed by atoms with van der Waals surface area (Å²) in [6.45, 7) is 2.03. The van der Waals surface area contributed by atoms with Gasteiger partial charge in [0, 0.05) is 38.9 Å². The molecule has 2 N–H and O–H groups in total. The van der Waals surface area contributed by atoms with Crippen molar-refractivity contribution in [3.8, 4) is 0 Å². The third-order valence-electron chi connectivity index (χ3n) is 5.92. The summed E-state index contributed by atoms with van der Waals surface area (Å²) in [6.07, 6.45) is 9.61. The van der Waals surface area contributed by atoms with Crippen molar-refractivity contribution in [3.63, 3.8) is 0 Å². The first-order valence-corrected chi connectivity index (χ1v) is 9.41. The molecule has 2 saturated carbocycles. The van der Waals surface area contributed by atoms with E-state index in [1.165, 1.54) is 50.8 Å². The molecule has 0 aromatic carbocycles. The zero-order valence-electron chi connectivity index (χ0n) is 14.9. The summed E-state index contributed by atoms with van der Waals surface area (Å²) in [5.74, 6) is 1.24. The van der Waals surface area contributed by atoms with E-state index in [9.17, 15) is 0 Å². The Hall–Kier alpha value is -1.56. The van der Waals surface area contributed by atoms with Gasteiger partial charge in [-0.05, 0) is 57.1 Å². The minimum Gasteiger partial charge on any atom is -0.370 e. The molecule has 3 aliphatic rings. The standard InChI is InChI=1S/C18H30N6/c1-22(14-5-6-14)18(19)20-12-13-4-3-11-24(15-7-8-15)17(13)16-9-10-21-23(16)2/h9-10,13-15,17H,3-8,11-12H2,1-2H3,(H2,19,20)/t13-,17+/m0/s1. The topological polar surface area (TPSA) is 62.7 Å². The molecule has 1 aromatic heterocycles. The Morgan fingerprint density at radius 2 is 2.12 bits per heavy atom. The van der Waals surface area contributed by atoms with E-state index >= 15 is 0 Å². The van der Waals surface area contributed by atoms with Crippen molar-refractivity contribution in [2.24, 2.45) is 23.7 Å². The highest BCUT2D eigenvalue weighted by molar-refractivity contribution is 5.78. The second-order valence-electron chi connectivity index (χ2n) is 7.74. The fourth-order valence-corrected chi connectivity index (χ4v) is 4.17. The quantitative estimate of drug-likeness (QED) is 0.660. The van der Waals surface area contributed by atoms with E-state index < -0.39 is 0 Å². The van der Waals surface area contributed by atoms with Gasteiger partial charge in [0.15, 0.2) is 5.96 Å². The fraction of sp³-hybridized carbons (Fsp3) is 0.778. The van der Waals surface area contributed by atoms with E-state index in [0.29, 0.717) is 24.0 Å². The summed E-state index contributed by atoms with van der Waals surface area (Å²) < 4.78 is 2.04. The van der Waals surface area contributed by atoms with Gasteiger partial charge in [-0.3, -0.25) is 14.6 Å². The Balaban J connectivity index is 1.52. The summed E-state index contributed by atoms with van der Waals surface area (Å²) >= 11 is 0. The monoisotopic (exact) mass is 330 g/mol. The molecule has 1 saturated heterocycles. The van der Waals surface area contributed by atoms with Gasteiger partial charge in [0.2, 0.25) is 0 Å². The molecular weight excluding hydrogens is 300 g/mol. The lowest BCUT2D eigenvalue weighted by molar-refractivity contribution is 0.0823. The molecule has 6 heteroatoms. The first-order valence-electron chi connectivity index (χ1n) is 9.41. The number of aromatic nitrogens is 2. The van der Waals surface area contributed by atoms with E-state index in [1.54, 1.807) is 0 Å². The van der Waals surface area contributed by atoms with E-state index in [2.05, 4.69) is 35.1 Å². The van der Waals surface area contributed by atoms with Gasteiger partial charge in [-0.25, -0.2) is 0 Å². The van der Waals surface area contributed by atoms with Crippen molar-refractivity contribution < 1.29 is 0 Å². The minimum atomic E-state index is 0.432. The molecule has 0 unspecified atom stereocenters. The van der Waals surface area contributed by atoms with Crippen LogP contribution in [-0.4, -0.2) is 57.8 Å². The Morgan fingerprint density at radius 1 is 1.33 bits per heavy atom. The van der Waals surface area contributed by atoms with Gasteiger partial charge in [0.1, 0.15) is 0 Å². The van der Waals surface area contributed by atoms with Crippen LogP contribution in [0.3, 0.4) is 0 Å². The molecule has 3 fully saturated rings. The lowest BCUT2D eigenvalue weighted by Crippen LogP contribution is -2.43. The number of hydrogen-bond donors (Lipinski definition) is 1. The SMILES string of the molecule is CN(C(N)=NC[C@@H]1CCCN(C2CC2)[C@H]1c1ccnn1C)C1CC1. The second kappa shape index (κ2) is 6.39. The maximum absolute atomic E-state index is 6.22. The Kier molecular flexibility index (Phi) is 4.24. The maximum atomic E-state index is 6.22. The van der Waals surface area contributed by atoms with Crippen molar-refractivity contribution in [1.29, 1.82) is 0 Å². The van der Waals surface area contributed by atoms with Gasteiger partial charge >= 0.3 is 0 Å². The Morgan fingerprint density at radius 3 is 2.75 bits per heavy atom. The lowest BCUT2D eigenvalue weighted by Gasteiger charge is -2.41. The Labute approximate surface area is 144 Å². The number of aliphatic imine (C=N–C) groups is 1. The van der Waals surface area contributed by atoms with Gasteiger partial charge in [-0.2, -0.15) is 5.10 Å². The number of hydrogen-bond acceptors (Lipinski definition) is 3. The number of nitrogens with zero attached hydrogens (tertiary/aromatic N) is 5. The minimum absolute atomic E-state index is 0.432. The van der Waals surface area contributed by atoms with Crippen molar-refractivity contribution in [2.75, 3.05) is 20.1 Å². The number of nitrogens with two attached hydrogens (primary N) is 1. The summed E-state index contributed by atoms with van der Waals surface area (Å²) in [4.78, 5) is 9.64. The average Bonchev–Trinajstić information content (AvgIpc) is 3.50. The molecule has 0 radical (unpaired) electrons. The summed E-state index contributed by atoms with van der Waals surface area (Å²) in [5, 5.41) is 4.42. The maximum Gasteiger partial charge on any atom is 0.191 e. The molecule has 24 heavy (non-hydrogen) atoms. The molecule has 0 spiro atoms. The molecule has 4 rings (SSSR count). The fourth-order valence-electron chi connectivity index (χ4n) is 4.17. The molecule has 1 aromatic rings. The van der Waals surface area contributed by atoms with Crippen LogP contribution in [0.2, 0.25) is 0 Å². The predicted octanol–water partition coefficient (Wildman–Crippen LogP) is 1.74. The van der Waals surface area contributed by atoms with E-state index in [4.69, 9.17) is 10.7 Å². The zero-order valence-corrected chi connectivity index (χ0v) is 14.9. The zero-order chi connectivity index (χ0) is 16.7. The molecule has 1 aliphatic heterocycles. The van der Waals surface area contributed by atoms with Crippen molar-refractivity contribution in [3.05, 3.63) is 18.0 Å². The van der Waals surface area contributed by atoms with Crippen LogP contribution in [0, 0.1) is 5.92 Å². The lowest BCUT2D eigenvalue weighted by atomic mass is 9.86. The number of likely N-dealkylation sites (tertiary alicyclic amines) is 1. The first-order chi connectivity index (χ1) is 11.6. The molecule has 132 valence electrons. The van der Waals surface area contributed by atoms with Crippen LogP contribution in [0.5, 0.6) is 0 Å². The third kappa shape index (κ3) is 3.16. The summed E-state index contributed by atoms with van der Waals surface area (Å²) in [7, 11) is 4.14. The van der Waals surface area contributed by atoms with Crippen LogP contribution in [-0.2, 0) is 7.05 Å². The molecule has 2 atom stereocenters. The van der Waals surface area contributed by atoms with E-state index in [1.807, 2.05) is 10.9 Å². The average molecular weight is 330 g/mol. The van der Waals surface area contributed by atoms with Crippen molar-refractivity contribution in [1.82, 2.24) is 19.6 Å². The van der Waals surface area contributed by atoms with Gasteiger partial charge in [-0.1, -0.05) is 0 Å². The number of aryl methyl sites for hydroxylation is 1. The largest absolute Gasteiger partial charge is 0.370 e. The van der Waals surface area contributed by atoms with Crippen LogP contribution in [0.1, 0.15) is 50.3 Å². The predicted molar refractivity (Wildman–Crippen MR) is 95.7 cm³/mol. The molecule has 0 bridgehead atoms. The van der Waals surface area contributed by atoms with Crippen LogP contribution >= 0.6 is 0 Å². The highest BCUT2D eigenvalue weighted by atomic mass is 15.3. The molecular formula is C18H30N6. The molecule has 2 aliphatic carbocycles. The molecule has 6 nitrogen and oxygen atoms in total. The third-order valence-corrected chi connectivity index (χ3v) is 5.92. The highest BCUT2D eigenvalue weighted by Crippen LogP contribution is 2.42. The smallest absolute Gasteiger partial charge is 0.191 e. The first kappa shape index (κ1) is 15.9. The van der Waals surface area contributed by atoms with Crippen LogP contribution in [0.25, 0.3) is 0 Å². The number of piperidine rings is 1. The second-order valence-corrected chi connectivity index (χ2v) is 7.74. The van der Waals surface area contributed by atoms with Crippen LogP contribution in [0.15, 0.2) is 17.3 Å². The van der Waals surface area contributed by atoms with Crippen molar-refractivity contribution >= 4 is 5.96 Å². The van der Waals surface area contributed by atoms with Crippen LogP contribution in [0.4, 0.5) is 0 Å². The van der Waals surface area contributed by atoms with Gasteiger partial charge in [-0.15, -0.1) is 0 Å².